The van der Waals surface area contributed by atoms with Crippen LogP contribution in [0.15, 0.2) is 36.4 Å². The summed E-state index contributed by atoms with van der Waals surface area (Å²) in [5.41, 5.74) is 2.76. The number of anilines is 2. The van der Waals surface area contributed by atoms with Gasteiger partial charge in [-0.1, -0.05) is 29.3 Å². The third kappa shape index (κ3) is 5.47. The van der Waals surface area contributed by atoms with Crippen molar-refractivity contribution in [3.63, 3.8) is 0 Å². The van der Waals surface area contributed by atoms with E-state index in [1.54, 1.807) is 25.3 Å². The molecule has 0 aliphatic carbocycles. The van der Waals surface area contributed by atoms with Gasteiger partial charge in [0.05, 0.1) is 17.2 Å². The maximum absolute atomic E-state index is 10.1. The van der Waals surface area contributed by atoms with Gasteiger partial charge in [0, 0.05) is 24.5 Å². The molecule has 2 rings (SSSR count). The molecule has 118 valence electrons. The monoisotopic (exact) mass is 340 g/mol. The Hall–Kier alpha value is -1.91. The second-order valence-electron chi connectivity index (χ2n) is 4.33. The lowest BCUT2D eigenvalue weighted by Crippen LogP contribution is -1.95. The van der Waals surface area contributed by atoms with Crippen LogP contribution in [-0.4, -0.2) is 20.6 Å². The fourth-order valence-electron chi connectivity index (χ4n) is 1.63. The molecule has 0 saturated carbocycles. The van der Waals surface area contributed by atoms with Crippen LogP contribution in [0.1, 0.15) is 5.56 Å². The standard InChI is InChI=1S/C9H11NO2.C7H7Cl2N/c1-7-3-4-8(10-6-11)5-9(7)12-2;1-10-5-2-3-6(8)7(9)4-5/h3-6H,1-2H3,(H,10,11);2-4,10H,1H3. The highest BCUT2D eigenvalue weighted by molar-refractivity contribution is 6.42. The lowest BCUT2D eigenvalue weighted by atomic mass is 10.2. The van der Waals surface area contributed by atoms with Gasteiger partial charge in [-0.2, -0.15) is 0 Å². The molecule has 0 bridgehead atoms. The van der Waals surface area contributed by atoms with Gasteiger partial charge < -0.3 is 15.4 Å². The van der Waals surface area contributed by atoms with Crippen LogP contribution in [0.3, 0.4) is 0 Å². The van der Waals surface area contributed by atoms with Gasteiger partial charge in [-0.3, -0.25) is 4.79 Å². The Morgan fingerprint density at radius 2 is 1.73 bits per heavy atom. The molecule has 0 unspecified atom stereocenters. The van der Waals surface area contributed by atoms with E-state index >= 15 is 0 Å². The molecule has 0 saturated heterocycles. The van der Waals surface area contributed by atoms with E-state index in [1.807, 2.05) is 32.2 Å². The molecule has 0 fully saturated rings. The summed E-state index contributed by atoms with van der Waals surface area (Å²) in [6.07, 6.45) is 0.643. The van der Waals surface area contributed by atoms with Crippen LogP contribution in [0.25, 0.3) is 0 Å². The zero-order valence-corrected chi connectivity index (χ0v) is 14.1. The van der Waals surface area contributed by atoms with Crippen LogP contribution in [0.2, 0.25) is 10.0 Å². The quantitative estimate of drug-likeness (QED) is 0.799. The van der Waals surface area contributed by atoms with Crippen molar-refractivity contribution < 1.29 is 9.53 Å². The van der Waals surface area contributed by atoms with Gasteiger partial charge >= 0.3 is 0 Å². The number of methoxy groups -OCH3 is 1. The summed E-state index contributed by atoms with van der Waals surface area (Å²) in [5, 5.41) is 6.66. The summed E-state index contributed by atoms with van der Waals surface area (Å²) in [6, 6.07) is 10.9. The van der Waals surface area contributed by atoms with E-state index in [4.69, 9.17) is 27.9 Å². The third-order valence-electron chi connectivity index (χ3n) is 2.84. The zero-order valence-electron chi connectivity index (χ0n) is 12.6. The largest absolute Gasteiger partial charge is 0.496 e. The van der Waals surface area contributed by atoms with Crippen LogP contribution < -0.4 is 15.4 Å². The van der Waals surface area contributed by atoms with E-state index in [9.17, 15) is 4.79 Å². The van der Waals surface area contributed by atoms with Crippen LogP contribution >= 0.6 is 23.2 Å². The van der Waals surface area contributed by atoms with Crippen molar-refractivity contribution in [3.8, 4) is 5.75 Å². The average molecular weight is 341 g/mol. The number of hydrogen-bond acceptors (Lipinski definition) is 3. The molecule has 4 nitrogen and oxygen atoms in total. The molecule has 22 heavy (non-hydrogen) atoms. The molecule has 6 heteroatoms. The Morgan fingerprint density at radius 1 is 1.05 bits per heavy atom. The van der Waals surface area contributed by atoms with Crippen LogP contribution in [0.4, 0.5) is 11.4 Å². The van der Waals surface area contributed by atoms with Gasteiger partial charge in [-0.15, -0.1) is 0 Å². The van der Waals surface area contributed by atoms with E-state index in [-0.39, 0.29) is 0 Å². The van der Waals surface area contributed by atoms with Crippen LogP contribution in [0, 0.1) is 6.92 Å². The first kappa shape index (κ1) is 18.1. The van der Waals surface area contributed by atoms with Crippen molar-refractivity contribution >= 4 is 41.0 Å². The summed E-state index contributed by atoms with van der Waals surface area (Å²) in [7, 11) is 3.44. The van der Waals surface area contributed by atoms with E-state index < -0.39 is 0 Å². The third-order valence-corrected chi connectivity index (χ3v) is 3.58. The second-order valence-corrected chi connectivity index (χ2v) is 5.14. The van der Waals surface area contributed by atoms with Crippen LogP contribution in [0.5, 0.6) is 5.75 Å². The number of nitrogens with one attached hydrogen (secondary N) is 2. The van der Waals surface area contributed by atoms with Crippen molar-refractivity contribution in [2.75, 3.05) is 24.8 Å². The SMILES string of the molecule is CNc1ccc(Cl)c(Cl)c1.COc1cc(NC=O)ccc1C. The van der Waals surface area contributed by atoms with Crippen molar-refractivity contribution in [1.29, 1.82) is 0 Å². The first-order chi connectivity index (χ1) is 10.5. The Bertz CT molecular complexity index is 634. The highest BCUT2D eigenvalue weighted by atomic mass is 35.5. The molecule has 0 radical (unpaired) electrons. The maximum atomic E-state index is 10.1. The Balaban J connectivity index is 0.000000224. The second kappa shape index (κ2) is 9.18. The predicted octanol–water partition coefficient (Wildman–Crippen LogP) is 4.61. The number of ether oxygens (including phenoxy) is 1. The van der Waals surface area contributed by atoms with Gasteiger partial charge in [-0.05, 0) is 36.8 Å². The Morgan fingerprint density at radius 3 is 2.27 bits per heavy atom. The van der Waals surface area contributed by atoms with Gasteiger partial charge in [0.2, 0.25) is 6.41 Å². The number of carbonyl (C=O) groups excluding carboxylic acids is 1. The number of rotatable bonds is 4. The van der Waals surface area contributed by atoms with E-state index in [2.05, 4.69) is 10.6 Å². The molecule has 0 aliphatic rings. The van der Waals surface area contributed by atoms with E-state index in [0.717, 1.165) is 22.7 Å². The molecule has 0 atom stereocenters. The fraction of sp³-hybridized carbons (Fsp3) is 0.188. The van der Waals surface area contributed by atoms with Crippen molar-refractivity contribution in [3.05, 3.63) is 52.0 Å². The molecular formula is C16H18Cl2N2O2. The summed E-state index contributed by atoms with van der Waals surface area (Å²) < 4.78 is 5.08. The van der Waals surface area contributed by atoms with Gasteiger partial charge in [0.1, 0.15) is 5.75 Å². The number of hydrogen-bond donors (Lipinski definition) is 2. The molecule has 2 N–H and O–H groups in total. The Kier molecular flexibility index (Phi) is 7.57. The topological polar surface area (TPSA) is 50.4 Å². The number of benzene rings is 2. The zero-order chi connectivity index (χ0) is 16.5. The maximum Gasteiger partial charge on any atom is 0.211 e. The predicted molar refractivity (Wildman–Crippen MR) is 93.4 cm³/mol. The first-order valence-electron chi connectivity index (χ1n) is 6.49. The molecule has 2 aromatic carbocycles. The van der Waals surface area contributed by atoms with Gasteiger partial charge in [-0.25, -0.2) is 0 Å². The van der Waals surface area contributed by atoms with Crippen molar-refractivity contribution in [2.24, 2.45) is 0 Å². The molecule has 0 aromatic heterocycles. The number of aryl methyl sites for hydroxylation is 1. The van der Waals surface area contributed by atoms with Crippen LogP contribution in [-0.2, 0) is 4.79 Å². The Labute approximate surface area is 140 Å². The molecule has 0 aliphatic heterocycles. The number of carbonyl (C=O) groups is 1. The first-order valence-corrected chi connectivity index (χ1v) is 7.25. The average Bonchev–Trinajstić information content (AvgIpc) is 2.53. The highest BCUT2D eigenvalue weighted by Crippen LogP contribution is 2.24. The minimum Gasteiger partial charge on any atom is -0.496 e. The minimum atomic E-state index is 0.577. The molecule has 2 aromatic rings. The van der Waals surface area contributed by atoms with E-state index in [1.165, 1.54) is 0 Å². The normalized spacial score (nSPS) is 9.32. The molecule has 0 spiro atoms. The van der Waals surface area contributed by atoms with Crippen molar-refractivity contribution in [1.82, 2.24) is 0 Å². The summed E-state index contributed by atoms with van der Waals surface area (Å²) in [4.78, 5) is 10.1. The van der Waals surface area contributed by atoms with Crippen molar-refractivity contribution in [2.45, 2.75) is 6.92 Å². The minimum absolute atomic E-state index is 0.577. The molecule has 1 amide bonds. The summed E-state index contributed by atoms with van der Waals surface area (Å²) in [5.74, 6) is 0.779. The summed E-state index contributed by atoms with van der Waals surface area (Å²) >= 11 is 11.4. The highest BCUT2D eigenvalue weighted by Gasteiger charge is 1.98. The molecular weight excluding hydrogens is 323 g/mol. The van der Waals surface area contributed by atoms with Gasteiger partial charge in [0.15, 0.2) is 0 Å². The van der Waals surface area contributed by atoms with Gasteiger partial charge in [0.25, 0.3) is 0 Å². The lowest BCUT2D eigenvalue weighted by Gasteiger charge is -2.05. The fourth-order valence-corrected chi connectivity index (χ4v) is 1.93. The smallest absolute Gasteiger partial charge is 0.211 e. The number of amides is 1. The van der Waals surface area contributed by atoms with E-state index in [0.29, 0.717) is 16.5 Å². The number of halogens is 2. The summed E-state index contributed by atoms with van der Waals surface area (Å²) in [6.45, 7) is 1.95. The lowest BCUT2D eigenvalue weighted by molar-refractivity contribution is -0.105. The molecule has 0 heterocycles.